The van der Waals surface area contributed by atoms with Crippen LogP contribution >= 0.6 is 12.2 Å². The van der Waals surface area contributed by atoms with Crippen molar-refractivity contribution >= 4 is 24.4 Å². The topological polar surface area (TPSA) is 83.3 Å². The smallest absolute Gasteiger partial charge is 0.336 e. The molecule has 0 unspecified atom stereocenters. The number of H-pyrrole nitrogens is 1. The zero-order valence-electron chi connectivity index (χ0n) is 12.8. The van der Waals surface area contributed by atoms with Crippen molar-refractivity contribution in [2.24, 2.45) is 5.10 Å². The molecule has 24 heavy (non-hydrogen) atoms. The summed E-state index contributed by atoms with van der Waals surface area (Å²) >= 11 is 5.21. The Kier molecular flexibility index (Phi) is 4.35. The van der Waals surface area contributed by atoms with Gasteiger partial charge in [0, 0.05) is 11.1 Å². The molecule has 1 aromatic heterocycles. The van der Waals surface area contributed by atoms with Crippen LogP contribution in [0.15, 0.2) is 53.6 Å². The summed E-state index contributed by atoms with van der Waals surface area (Å²) in [5.41, 5.74) is 2.66. The summed E-state index contributed by atoms with van der Waals surface area (Å²) in [6.45, 7) is 2.00. The molecule has 3 aromatic rings. The van der Waals surface area contributed by atoms with Crippen LogP contribution in [-0.2, 0) is 0 Å². The van der Waals surface area contributed by atoms with Crippen molar-refractivity contribution < 1.29 is 9.90 Å². The highest BCUT2D eigenvalue weighted by Crippen LogP contribution is 2.18. The molecule has 2 aromatic carbocycles. The minimum Gasteiger partial charge on any atom is -0.478 e. The molecule has 0 aliphatic rings. The third kappa shape index (κ3) is 3.16. The van der Waals surface area contributed by atoms with Gasteiger partial charge in [0.1, 0.15) is 0 Å². The molecule has 7 heteroatoms. The molecule has 0 aliphatic carbocycles. The quantitative estimate of drug-likeness (QED) is 0.563. The molecule has 0 saturated carbocycles. The van der Waals surface area contributed by atoms with Crippen molar-refractivity contribution in [1.82, 2.24) is 14.9 Å². The van der Waals surface area contributed by atoms with E-state index in [2.05, 4.69) is 15.3 Å². The molecule has 0 atom stereocenters. The summed E-state index contributed by atoms with van der Waals surface area (Å²) in [5, 5.41) is 20.4. The number of aromatic nitrogens is 3. The molecule has 6 nitrogen and oxygen atoms in total. The number of carboxylic acids is 1. The van der Waals surface area contributed by atoms with Crippen LogP contribution in [0.5, 0.6) is 0 Å². The lowest BCUT2D eigenvalue weighted by Gasteiger charge is -2.03. The van der Waals surface area contributed by atoms with Crippen molar-refractivity contribution in [3.05, 3.63) is 70.0 Å². The first kappa shape index (κ1) is 15.8. The van der Waals surface area contributed by atoms with E-state index in [1.54, 1.807) is 18.2 Å². The fourth-order valence-electron chi connectivity index (χ4n) is 2.21. The fourth-order valence-corrected chi connectivity index (χ4v) is 2.39. The van der Waals surface area contributed by atoms with Gasteiger partial charge in [-0.25, -0.2) is 9.89 Å². The van der Waals surface area contributed by atoms with Crippen LogP contribution in [0.25, 0.3) is 11.4 Å². The van der Waals surface area contributed by atoms with E-state index in [0.717, 1.165) is 11.1 Å². The number of benzene rings is 2. The van der Waals surface area contributed by atoms with Crippen molar-refractivity contribution in [2.45, 2.75) is 6.92 Å². The molecule has 0 spiro atoms. The number of nitrogens with zero attached hydrogens (tertiary/aromatic N) is 3. The third-order valence-corrected chi connectivity index (χ3v) is 3.73. The van der Waals surface area contributed by atoms with Gasteiger partial charge in [-0.2, -0.15) is 14.9 Å². The van der Waals surface area contributed by atoms with Crippen molar-refractivity contribution in [3.8, 4) is 11.4 Å². The second-order valence-electron chi connectivity index (χ2n) is 5.17. The summed E-state index contributed by atoms with van der Waals surface area (Å²) in [5.74, 6) is -0.448. The number of rotatable bonds is 4. The molecule has 0 radical (unpaired) electrons. The summed E-state index contributed by atoms with van der Waals surface area (Å²) in [6, 6.07) is 14.4. The number of carbonyl (C=O) groups is 1. The minimum atomic E-state index is -1.01. The highest BCUT2D eigenvalue weighted by molar-refractivity contribution is 7.71. The molecular formula is C17H14N4O2S. The predicted octanol–water partition coefficient (Wildman–Crippen LogP) is 3.50. The zero-order chi connectivity index (χ0) is 17.1. The average Bonchev–Trinajstić information content (AvgIpc) is 2.94. The lowest BCUT2D eigenvalue weighted by Crippen LogP contribution is -2.02. The lowest BCUT2D eigenvalue weighted by atomic mass is 10.1. The van der Waals surface area contributed by atoms with Crippen molar-refractivity contribution in [3.63, 3.8) is 0 Å². The Labute approximate surface area is 143 Å². The van der Waals surface area contributed by atoms with E-state index in [1.807, 2.05) is 31.2 Å². The van der Waals surface area contributed by atoms with E-state index in [0.29, 0.717) is 16.2 Å². The van der Waals surface area contributed by atoms with E-state index in [4.69, 9.17) is 12.2 Å². The van der Waals surface area contributed by atoms with E-state index in [9.17, 15) is 9.90 Å². The van der Waals surface area contributed by atoms with Crippen LogP contribution in [0.1, 0.15) is 21.5 Å². The van der Waals surface area contributed by atoms with Crippen LogP contribution in [0.3, 0.4) is 0 Å². The molecule has 0 bridgehead atoms. The SMILES string of the molecule is Cc1ccc(-c2n[nH]c(=S)n2N=Cc2ccccc2C(=O)O)cc1. The van der Waals surface area contributed by atoms with Crippen molar-refractivity contribution in [2.75, 3.05) is 0 Å². The molecule has 0 aliphatic heterocycles. The van der Waals surface area contributed by atoms with Gasteiger partial charge in [-0.15, -0.1) is 0 Å². The van der Waals surface area contributed by atoms with Gasteiger partial charge in [-0.3, -0.25) is 0 Å². The van der Waals surface area contributed by atoms with Gasteiger partial charge in [0.25, 0.3) is 0 Å². The second-order valence-corrected chi connectivity index (χ2v) is 5.55. The highest BCUT2D eigenvalue weighted by Gasteiger charge is 2.09. The van der Waals surface area contributed by atoms with E-state index < -0.39 is 5.97 Å². The first-order valence-electron chi connectivity index (χ1n) is 7.17. The number of aryl methyl sites for hydroxylation is 1. The summed E-state index contributed by atoms with van der Waals surface area (Å²) < 4.78 is 1.80. The second kappa shape index (κ2) is 6.59. The fraction of sp³-hybridized carbons (Fsp3) is 0.0588. The number of aromatic amines is 1. The van der Waals surface area contributed by atoms with Gasteiger partial charge in [-0.05, 0) is 25.2 Å². The van der Waals surface area contributed by atoms with E-state index in [-0.39, 0.29) is 5.56 Å². The largest absolute Gasteiger partial charge is 0.478 e. The third-order valence-electron chi connectivity index (χ3n) is 3.46. The summed E-state index contributed by atoms with van der Waals surface area (Å²) in [6.07, 6.45) is 1.46. The molecule has 2 N–H and O–H groups in total. The molecule has 1 heterocycles. The van der Waals surface area contributed by atoms with Crippen molar-refractivity contribution in [1.29, 1.82) is 0 Å². The Bertz CT molecular complexity index is 971. The Balaban J connectivity index is 2.03. The highest BCUT2D eigenvalue weighted by atomic mass is 32.1. The summed E-state index contributed by atoms with van der Waals surface area (Å²) in [4.78, 5) is 11.3. The first-order chi connectivity index (χ1) is 11.6. The number of carboxylic acid groups (broad SMARTS) is 1. The molecule has 0 saturated heterocycles. The molecule has 0 amide bonds. The minimum absolute atomic E-state index is 0.174. The normalized spacial score (nSPS) is 11.0. The van der Waals surface area contributed by atoms with Gasteiger partial charge in [0.05, 0.1) is 11.8 Å². The summed E-state index contributed by atoms with van der Waals surface area (Å²) in [7, 11) is 0. The number of hydrogen-bond donors (Lipinski definition) is 2. The van der Waals surface area contributed by atoms with Crippen LogP contribution in [0.4, 0.5) is 0 Å². The van der Waals surface area contributed by atoms with Crippen LogP contribution in [-0.4, -0.2) is 32.2 Å². The molecule has 3 rings (SSSR count). The molecule has 0 fully saturated rings. The maximum absolute atomic E-state index is 11.3. The number of aromatic carboxylic acids is 1. The monoisotopic (exact) mass is 338 g/mol. The zero-order valence-corrected chi connectivity index (χ0v) is 13.6. The van der Waals surface area contributed by atoms with E-state index in [1.165, 1.54) is 17.0 Å². The van der Waals surface area contributed by atoms with Crippen LogP contribution in [0.2, 0.25) is 0 Å². The van der Waals surface area contributed by atoms with Gasteiger partial charge >= 0.3 is 5.97 Å². The van der Waals surface area contributed by atoms with Gasteiger partial charge < -0.3 is 5.11 Å². The van der Waals surface area contributed by atoms with Gasteiger partial charge in [0.2, 0.25) is 4.77 Å². The first-order valence-corrected chi connectivity index (χ1v) is 7.58. The Morgan fingerprint density at radius 1 is 1.25 bits per heavy atom. The Morgan fingerprint density at radius 3 is 2.67 bits per heavy atom. The molecule has 120 valence electrons. The number of nitrogens with one attached hydrogen (secondary N) is 1. The Hall–Kier alpha value is -3.06. The van der Waals surface area contributed by atoms with E-state index >= 15 is 0 Å². The maximum Gasteiger partial charge on any atom is 0.336 e. The standard InChI is InChI=1S/C17H14N4O2S/c1-11-6-8-12(9-7-11)15-19-20-17(24)21(15)18-10-13-4-2-3-5-14(13)16(22)23/h2-10H,1H3,(H,20,24)(H,22,23). The average molecular weight is 338 g/mol. The maximum atomic E-state index is 11.3. The van der Waals surface area contributed by atoms with Crippen LogP contribution < -0.4 is 0 Å². The van der Waals surface area contributed by atoms with Gasteiger partial charge in [0.15, 0.2) is 5.82 Å². The van der Waals surface area contributed by atoms with Gasteiger partial charge in [-0.1, -0.05) is 48.0 Å². The lowest BCUT2D eigenvalue weighted by molar-refractivity contribution is 0.0697. The number of hydrogen-bond acceptors (Lipinski definition) is 4. The predicted molar refractivity (Wildman–Crippen MR) is 94.0 cm³/mol. The van der Waals surface area contributed by atoms with Crippen LogP contribution in [0, 0.1) is 11.7 Å². The Morgan fingerprint density at radius 2 is 1.96 bits per heavy atom. The molecular weight excluding hydrogens is 324 g/mol.